The third kappa shape index (κ3) is 4.06. The van der Waals surface area contributed by atoms with Gasteiger partial charge in [0, 0.05) is 13.1 Å². The Bertz CT molecular complexity index is 429. The zero-order valence-electron chi connectivity index (χ0n) is 12.0. The molecule has 0 bridgehead atoms. The number of carbonyl (C=O) groups is 1. The molecule has 1 aromatic rings. The maximum absolute atomic E-state index is 12.3. The first kappa shape index (κ1) is 14.1. The topological polar surface area (TPSA) is 32.3 Å². The smallest absolute Gasteiger partial charge is 0.226 e. The molecule has 0 radical (unpaired) electrons. The van der Waals surface area contributed by atoms with Crippen molar-refractivity contribution in [2.24, 2.45) is 5.92 Å². The molecule has 1 aromatic carbocycles. The summed E-state index contributed by atoms with van der Waals surface area (Å²) in [5, 5.41) is 3.22. The van der Waals surface area contributed by atoms with Crippen molar-refractivity contribution >= 4 is 5.91 Å². The molecule has 0 saturated carbocycles. The number of carbonyl (C=O) groups excluding carboxylic acids is 1. The molecule has 1 heterocycles. The summed E-state index contributed by atoms with van der Waals surface area (Å²) in [7, 11) is 1.98. The molecule has 1 fully saturated rings. The first-order chi connectivity index (χ1) is 9.19. The van der Waals surface area contributed by atoms with Crippen LogP contribution in [0.15, 0.2) is 24.3 Å². The van der Waals surface area contributed by atoms with Gasteiger partial charge in [0.15, 0.2) is 0 Å². The van der Waals surface area contributed by atoms with Crippen molar-refractivity contribution in [1.82, 2.24) is 10.2 Å². The van der Waals surface area contributed by atoms with E-state index in [0.29, 0.717) is 12.3 Å². The zero-order valence-corrected chi connectivity index (χ0v) is 12.0. The van der Waals surface area contributed by atoms with Crippen LogP contribution < -0.4 is 5.32 Å². The predicted molar refractivity (Wildman–Crippen MR) is 78.1 cm³/mol. The van der Waals surface area contributed by atoms with Gasteiger partial charge in [0.25, 0.3) is 0 Å². The fourth-order valence-corrected chi connectivity index (χ4v) is 2.86. The van der Waals surface area contributed by atoms with Crippen LogP contribution in [0.1, 0.15) is 24.0 Å². The standard InChI is InChI=1S/C16H24N2O/c1-13-5-3-6-14(9-13)10-16(19)18-8-4-7-15(12-18)11-17-2/h3,5-6,9,15,17H,4,7-8,10-12H2,1-2H3. The van der Waals surface area contributed by atoms with Crippen molar-refractivity contribution in [3.05, 3.63) is 35.4 Å². The monoisotopic (exact) mass is 260 g/mol. The molecule has 1 aliphatic heterocycles. The van der Waals surface area contributed by atoms with Gasteiger partial charge in [0.1, 0.15) is 0 Å². The number of aryl methyl sites for hydroxylation is 1. The van der Waals surface area contributed by atoms with E-state index in [1.54, 1.807) is 0 Å². The van der Waals surface area contributed by atoms with Crippen molar-refractivity contribution in [1.29, 1.82) is 0 Å². The van der Waals surface area contributed by atoms with E-state index in [1.807, 2.05) is 24.1 Å². The highest BCUT2D eigenvalue weighted by Crippen LogP contribution is 2.17. The van der Waals surface area contributed by atoms with Crippen LogP contribution in [0.5, 0.6) is 0 Å². The molecule has 3 heteroatoms. The fourth-order valence-electron chi connectivity index (χ4n) is 2.86. The van der Waals surface area contributed by atoms with E-state index in [4.69, 9.17) is 0 Å². The molecule has 0 spiro atoms. The molecule has 1 atom stereocenters. The van der Waals surface area contributed by atoms with Crippen molar-refractivity contribution in [3.63, 3.8) is 0 Å². The van der Waals surface area contributed by atoms with Gasteiger partial charge in [-0.3, -0.25) is 4.79 Å². The van der Waals surface area contributed by atoms with Crippen LogP contribution >= 0.6 is 0 Å². The third-order valence-corrected chi connectivity index (χ3v) is 3.80. The number of amides is 1. The Kier molecular flexibility index (Phi) is 4.97. The Hall–Kier alpha value is -1.35. The Labute approximate surface area is 116 Å². The Morgan fingerprint density at radius 3 is 3.05 bits per heavy atom. The summed E-state index contributed by atoms with van der Waals surface area (Å²) in [5.41, 5.74) is 2.35. The van der Waals surface area contributed by atoms with Crippen LogP contribution in [0.2, 0.25) is 0 Å². The fraction of sp³-hybridized carbons (Fsp3) is 0.562. The van der Waals surface area contributed by atoms with Crippen LogP contribution in [0, 0.1) is 12.8 Å². The normalized spacial score (nSPS) is 19.5. The molecule has 0 aromatic heterocycles. The number of hydrogen-bond donors (Lipinski definition) is 1. The molecule has 3 nitrogen and oxygen atoms in total. The lowest BCUT2D eigenvalue weighted by atomic mass is 9.97. The third-order valence-electron chi connectivity index (χ3n) is 3.80. The molecular formula is C16H24N2O. The minimum atomic E-state index is 0.270. The summed E-state index contributed by atoms with van der Waals surface area (Å²) in [6.07, 6.45) is 2.90. The summed E-state index contributed by atoms with van der Waals surface area (Å²) < 4.78 is 0. The maximum atomic E-state index is 12.3. The van der Waals surface area contributed by atoms with E-state index in [0.717, 1.165) is 31.6 Å². The van der Waals surface area contributed by atoms with Gasteiger partial charge in [-0.2, -0.15) is 0 Å². The van der Waals surface area contributed by atoms with Crippen LogP contribution in [0.25, 0.3) is 0 Å². The van der Waals surface area contributed by atoms with E-state index < -0.39 is 0 Å². The number of nitrogens with one attached hydrogen (secondary N) is 1. The van der Waals surface area contributed by atoms with Gasteiger partial charge in [-0.05, 0) is 44.8 Å². The van der Waals surface area contributed by atoms with Gasteiger partial charge >= 0.3 is 0 Å². The molecule has 1 saturated heterocycles. The number of benzene rings is 1. The van der Waals surface area contributed by atoms with Gasteiger partial charge in [-0.25, -0.2) is 0 Å². The molecule has 0 aliphatic carbocycles. The summed E-state index contributed by atoms with van der Waals surface area (Å²) in [6, 6.07) is 8.24. The average Bonchev–Trinajstić information content (AvgIpc) is 2.39. The molecule has 104 valence electrons. The highest BCUT2D eigenvalue weighted by Gasteiger charge is 2.23. The number of nitrogens with zero attached hydrogens (tertiary/aromatic N) is 1. The average molecular weight is 260 g/mol. The summed E-state index contributed by atoms with van der Waals surface area (Å²) in [4.78, 5) is 14.4. The zero-order chi connectivity index (χ0) is 13.7. The lowest BCUT2D eigenvalue weighted by molar-refractivity contribution is -0.132. The minimum absolute atomic E-state index is 0.270. The predicted octanol–water partition coefficient (Wildman–Crippen LogP) is 2.00. The first-order valence-corrected chi connectivity index (χ1v) is 7.17. The van der Waals surface area contributed by atoms with Crippen LogP contribution in [-0.2, 0) is 11.2 Å². The minimum Gasteiger partial charge on any atom is -0.342 e. The lowest BCUT2D eigenvalue weighted by Gasteiger charge is -2.32. The van der Waals surface area contributed by atoms with Crippen LogP contribution in [0.4, 0.5) is 0 Å². The SMILES string of the molecule is CNCC1CCCN(C(=O)Cc2cccc(C)c2)C1. The van der Waals surface area contributed by atoms with Gasteiger partial charge in [-0.1, -0.05) is 29.8 Å². The second-order valence-electron chi connectivity index (χ2n) is 5.57. The van der Waals surface area contributed by atoms with Crippen LogP contribution in [0.3, 0.4) is 0 Å². The summed E-state index contributed by atoms with van der Waals surface area (Å²) in [6.45, 7) is 4.91. The van der Waals surface area contributed by atoms with Gasteiger partial charge in [0.2, 0.25) is 5.91 Å². The highest BCUT2D eigenvalue weighted by atomic mass is 16.2. The van der Waals surface area contributed by atoms with Gasteiger partial charge in [-0.15, -0.1) is 0 Å². The Balaban J connectivity index is 1.92. The van der Waals surface area contributed by atoms with E-state index in [1.165, 1.54) is 12.0 Å². The molecule has 1 unspecified atom stereocenters. The lowest BCUT2D eigenvalue weighted by Crippen LogP contribution is -2.43. The number of hydrogen-bond acceptors (Lipinski definition) is 2. The number of rotatable bonds is 4. The molecule has 2 rings (SSSR count). The van der Waals surface area contributed by atoms with E-state index in [2.05, 4.69) is 24.4 Å². The Morgan fingerprint density at radius 2 is 2.32 bits per heavy atom. The Morgan fingerprint density at radius 1 is 1.47 bits per heavy atom. The summed E-state index contributed by atoms with van der Waals surface area (Å²) >= 11 is 0. The van der Waals surface area contributed by atoms with Crippen LogP contribution in [-0.4, -0.2) is 37.5 Å². The van der Waals surface area contributed by atoms with Gasteiger partial charge < -0.3 is 10.2 Å². The number of piperidine rings is 1. The van der Waals surface area contributed by atoms with E-state index >= 15 is 0 Å². The second kappa shape index (κ2) is 6.71. The molecule has 19 heavy (non-hydrogen) atoms. The van der Waals surface area contributed by atoms with Crippen molar-refractivity contribution in [2.45, 2.75) is 26.2 Å². The molecular weight excluding hydrogens is 236 g/mol. The van der Waals surface area contributed by atoms with Gasteiger partial charge in [0.05, 0.1) is 6.42 Å². The maximum Gasteiger partial charge on any atom is 0.226 e. The highest BCUT2D eigenvalue weighted by molar-refractivity contribution is 5.78. The molecule has 1 aliphatic rings. The van der Waals surface area contributed by atoms with Crippen molar-refractivity contribution in [3.8, 4) is 0 Å². The van der Waals surface area contributed by atoms with Crippen molar-refractivity contribution < 1.29 is 4.79 Å². The van der Waals surface area contributed by atoms with E-state index in [9.17, 15) is 4.79 Å². The first-order valence-electron chi connectivity index (χ1n) is 7.17. The number of likely N-dealkylation sites (tertiary alicyclic amines) is 1. The summed E-state index contributed by atoms with van der Waals surface area (Å²) in [5.74, 6) is 0.881. The van der Waals surface area contributed by atoms with E-state index in [-0.39, 0.29) is 5.91 Å². The molecule has 1 N–H and O–H groups in total. The second-order valence-corrected chi connectivity index (χ2v) is 5.57. The molecule has 1 amide bonds. The largest absolute Gasteiger partial charge is 0.342 e. The quantitative estimate of drug-likeness (QED) is 0.898. The van der Waals surface area contributed by atoms with Crippen molar-refractivity contribution in [2.75, 3.05) is 26.7 Å².